The molecule has 1 saturated heterocycles. The smallest absolute Gasteiger partial charge is 0.323 e. The summed E-state index contributed by atoms with van der Waals surface area (Å²) in [5.74, 6) is 0.435. The SMILES string of the molecule is C=C.CC.CCCCCCCCC(CCCCCCCC)OC(=O)CCCCCCCOC(=O)C1CC(O)CN1CCCCCCC(C)(C)C(=O)OCCCC(CCCCC)CCCCC.OS. The molecule has 10 heteroatoms. The van der Waals surface area contributed by atoms with Gasteiger partial charge in [0.2, 0.25) is 0 Å². The molecule has 406 valence electrons. The molecule has 2 atom stereocenters. The number of nitrogens with zero attached hydrogens (tertiary/aromatic N) is 1. The van der Waals surface area contributed by atoms with Crippen LogP contribution in [0.1, 0.15) is 287 Å². The van der Waals surface area contributed by atoms with Crippen molar-refractivity contribution in [1.29, 1.82) is 0 Å². The Morgan fingerprint density at radius 2 is 1.01 bits per heavy atom. The number of hydrogen-bond donors (Lipinski definition) is 3. The summed E-state index contributed by atoms with van der Waals surface area (Å²) in [4.78, 5) is 40.8. The molecule has 0 aromatic heterocycles. The van der Waals surface area contributed by atoms with Gasteiger partial charge >= 0.3 is 17.9 Å². The highest BCUT2D eigenvalue weighted by Gasteiger charge is 2.36. The largest absolute Gasteiger partial charge is 0.465 e. The normalized spacial score (nSPS) is 14.7. The lowest BCUT2D eigenvalue weighted by molar-refractivity contribution is -0.154. The van der Waals surface area contributed by atoms with Crippen LogP contribution >= 0.6 is 12.9 Å². The Balaban J connectivity index is -0.00000675. The molecule has 0 amide bonds. The molecule has 0 spiro atoms. The second kappa shape index (κ2) is 53.2. The Hall–Kier alpha value is -1.62. The molecule has 1 aliphatic rings. The monoisotopic (exact) mass is 986 g/mol. The molecule has 1 rings (SSSR count). The molecule has 0 aromatic carbocycles. The zero-order valence-corrected chi connectivity index (χ0v) is 47.1. The Kier molecular flexibility index (Phi) is 55.2. The molecule has 1 fully saturated rings. The number of carbonyl (C=O) groups is 3. The van der Waals surface area contributed by atoms with E-state index in [9.17, 15) is 19.5 Å². The van der Waals surface area contributed by atoms with Gasteiger partial charge in [0.05, 0.1) is 24.7 Å². The number of carbonyl (C=O) groups excluding carboxylic acids is 3. The zero-order valence-electron chi connectivity index (χ0n) is 46.2. The molecular formula is C58H115NO8S. The molecule has 0 aliphatic carbocycles. The summed E-state index contributed by atoms with van der Waals surface area (Å²) >= 11 is 2.53. The van der Waals surface area contributed by atoms with Crippen LogP contribution in [-0.4, -0.2) is 77.0 Å². The van der Waals surface area contributed by atoms with Crippen LogP contribution in [0.3, 0.4) is 0 Å². The first-order valence-electron chi connectivity index (χ1n) is 28.7. The third-order valence-electron chi connectivity index (χ3n) is 13.5. The fourth-order valence-corrected chi connectivity index (χ4v) is 9.22. The third-order valence-corrected chi connectivity index (χ3v) is 13.5. The molecule has 2 N–H and O–H groups in total. The van der Waals surface area contributed by atoms with Gasteiger partial charge < -0.3 is 23.9 Å². The van der Waals surface area contributed by atoms with E-state index < -0.39 is 11.5 Å². The number of β-amino-alcohol motifs (C(OH)–C–C–N with tert-alkyl or cyclic N) is 1. The minimum Gasteiger partial charge on any atom is -0.465 e. The van der Waals surface area contributed by atoms with Gasteiger partial charge in [-0.25, -0.2) is 0 Å². The van der Waals surface area contributed by atoms with Crippen LogP contribution in [0.5, 0.6) is 0 Å². The molecule has 0 radical (unpaired) electrons. The van der Waals surface area contributed by atoms with Crippen molar-refractivity contribution in [2.45, 2.75) is 305 Å². The summed E-state index contributed by atoms with van der Waals surface area (Å²) in [6, 6.07) is -0.376. The van der Waals surface area contributed by atoms with Crippen molar-refractivity contribution in [3.8, 4) is 0 Å². The van der Waals surface area contributed by atoms with Crippen LogP contribution in [0, 0.1) is 11.3 Å². The number of aliphatic hydroxyl groups is 1. The Morgan fingerprint density at radius 1 is 0.588 bits per heavy atom. The van der Waals surface area contributed by atoms with Gasteiger partial charge in [0.1, 0.15) is 12.1 Å². The molecular weight excluding hydrogens is 871 g/mol. The summed E-state index contributed by atoms with van der Waals surface area (Å²) in [5.41, 5.74) is -0.480. The van der Waals surface area contributed by atoms with E-state index in [0.29, 0.717) is 32.6 Å². The number of esters is 3. The van der Waals surface area contributed by atoms with Crippen LogP contribution in [0.25, 0.3) is 0 Å². The predicted octanol–water partition coefficient (Wildman–Crippen LogP) is 17.0. The first-order chi connectivity index (χ1) is 33.1. The number of unbranched alkanes of at least 4 members (excludes halogenated alkanes) is 21. The lowest BCUT2D eigenvalue weighted by Gasteiger charge is -2.24. The highest BCUT2D eigenvalue weighted by Crippen LogP contribution is 2.28. The maximum Gasteiger partial charge on any atom is 0.323 e. The summed E-state index contributed by atoms with van der Waals surface area (Å²) in [6.07, 6.45) is 39.6. The average Bonchev–Trinajstić information content (AvgIpc) is 3.73. The van der Waals surface area contributed by atoms with Crippen LogP contribution in [-0.2, 0) is 28.6 Å². The number of ether oxygens (including phenoxy) is 3. The van der Waals surface area contributed by atoms with E-state index in [1.54, 1.807) is 0 Å². The minimum atomic E-state index is -0.500. The van der Waals surface area contributed by atoms with E-state index >= 15 is 0 Å². The fraction of sp³-hybridized carbons (Fsp3) is 0.914. The first-order valence-corrected chi connectivity index (χ1v) is 29.1. The predicted molar refractivity (Wildman–Crippen MR) is 294 cm³/mol. The summed E-state index contributed by atoms with van der Waals surface area (Å²) in [5, 5.41) is 10.4. The van der Waals surface area contributed by atoms with Gasteiger partial charge in [-0.05, 0) is 103 Å². The summed E-state index contributed by atoms with van der Waals surface area (Å²) in [6.45, 7) is 25.3. The van der Waals surface area contributed by atoms with Crippen molar-refractivity contribution in [3.05, 3.63) is 13.2 Å². The van der Waals surface area contributed by atoms with Gasteiger partial charge in [-0.15, -0.1) is 13.2 Å². The van der Waals surface area contributed by atoms with Gasteiger partial charge in [0.25, 0.3) is 0 Å². The van der Waals surface area contributed by atoms with Crippen molar-refractivity contribution < 1.29 is 38.3 Å². The van der Waals surface area contributed by atoms with Gasteiger partial charge in [0, 0.05) is 19.4 Å². The fourth-order valence-electron chi connectivity index (χ4n) is 9.22. The minimum absolute atomic E-state index is 0.0369. The van der Waals surface area contributed by atoms with Crippen LogP contribution in [0.4, 0.5) is 0 Å². The van der Waals surface area contributed by atoms with Crippen molar-refractivity contribution in [1.82, 2.24) is 4.90 Å². The summed E-state index contributed by atoms with van der Waals surface area (Å²) in [7, 11) is 0. The Bertz CT molecular complexity index is 1070. The van der Waals surface area contributed by atoms with Gasteiger partial charge in [-0.2, -0.15) is 0 Å². The number of hydrogen-bond acceptors (Lipinski definition) is 10. The molecule has 1 aliphatic heterocycles. The van der Waals surface area contributed by atoms with E-state index in [1.807, 2.05) is 27.7 Å². The maximum atomic E-state index is 13.0. The van der Waals surface area contributed by atoms with E-state index in [2.05, 4.69) is 58.7 Å². The zero-order chi connectivity index (χ0) is 51.5. The van der Waals surface area contributed by atoms with E-state index in [-0.39, 0.29) is 30.1 Å². The molecule has 0 bridgehead atoms. The molecule has 2 unspecified atom stereocenters. The van der Waals surface area contributed by atoms with E-state index in [4.69, 9.17) is 18.8 Å². The molecule has 9 nitrogen and oxygen atoms in total. The standard InChI is InChI=1S/C54H103NO7.C2H6.C2H4.H2OS/c1-7-11-15-17-20-28-38-49(39-29-21-18-16-12-8-2)62-51(57)40-30-22-19-25-33-43-60-52(58)50-45-48(56)46-55(50)42-32-24-23-31-41-54(5,6)53(59)61-44-34-37-47(35-26-13-9-3)36-27-14-10-4;3*1-2/h47-50,56H,7-46H2,1-6H3;1-2H3;1-2H2;1-2H. The van der Waals surface area contributed by atoms with Crippen molar-refractivity contribution in [2.24, 2.45) is 11.3 Å². The number of likely N-dealkylation sites (tertiary alicyclic amines) is 1. The van der Waals surface area contributed by atoms with Crippen LogP contribution in [0.2, 0.25) is 0 Å². The lowest BCUT2D eigenvalue weighted by Crippen LogP contribution is -2.38. The van der Waals surface area contributed by atoms with Crippen molar-refractivity contribution >= 4 is 30.8 Å². The van der Waals surface area contributed by atoms with Crippen LogP contribution in [0.15, 0.2) is 13.2 Å². The van der Waals surface area contributed by atoms with E-state index in [0.717, 1.165) is 115 Å². The Labute approximate surface area is 427 Å². The number of aliphatic hydroxyl groups excluding tert-OH is 1. The van der Waals surface area contributed by atoms with Gasteiger partial charge in [-0.3, -0.25) is 19.3 Å². The van der Waals surface area contributed by atoms with Gasteiger partial charge in [-0.1, -0.05) is 196 Å². The van der Waals surface area contributed by atoms with Gasteiger partial charge in [0.15, 0.2) is 0 Å². The summed E-state index contributed by atoms with van der Waals surface area (Å²) < 4.78 is 24.2. The number of thiol groups is 1. The van der Waals surface area contributed by atoms with Crippen molar-refractivity contribution in [2.75, 3.05) is 26.3 Å². The maximum absolute atomic E-state index is 13.0. The van der Waals surface area contributed by atoms with E-state index in [1.165, 1.54) is 116 Å². The average molecular weight is 987 g/mol. The molecule has 0 aromatic rings. The molecule has 0 saturated carbocycles. The molecule has 1 heterocycles. The lowest BCUT2D eigenvalue weighted by atomic mass is 9.87. The highest BCUT2D eigenvalue weighted by atomic mass is 32.1. The topological polar surface area (TPSA) is 123 Å². The first kappa shape index (κ1) is 70.6. The number of rotatable bonds is 44. The van der Waals surface area contributed by atoms with Crippen LogP contribution < -0.4 is 0 Å². The third kappa shape index (κ3) is 42.1. The second-order valence-corrected chi connectivity index (χ2v) is 20.0. The Morgan fingerprint density at radius 3 is 1.57 bits per heavy atom. The second-order valence-electron chi connectivity index (χ2n) is 20.0. The highest BCUT2D eigenvalue weighted by molar-refractivity contribution is 7.74. The van der Waals surface area contributed by atoms with Crippen molar-refractivity contribution in [3.63, 3.8) is 0 Å². The quantitative estimate of drug-likeness (QED) is 0.0137. The molecule has 68 heavy (non-hydrogen) atoms.